The molecule has 3 aromatic rings. The number of amides is 1. The monoisotopic (exact) mass is 324 g/mol. The minimum absolute atomic E-state index is 0.0196. The van der Waals surface area contributed by atoms with E-state index in [-0.39, 0.29) is 12.5 Å². The minimum Gasteiger partial charge on any atom is -0.394 e. The summed E-state index contributed by atoms with van der Waals surface area (Å²) in [6.07, 6.45) is 1.75. The third-order valence-electron chi connectivity index (χ3n) is 4.12. The lowest BCUT2D eigenvalue weighted by atomic mass is 10.1. The van der Waals surface area contributed by atoms with Crippen molar-refractivity contribution in [3.05, 3.63) is 59.5 Å². The van der Waals surface area contributed by atoms with Gasteiger partial charge in [0.05, 0.1) is 31.6 Å². The third kappa shape index (κ3) is 2.48. The van der Waals surface area contributed by atoms with Gasteiger partial charge in [-0.05, 0) is 0 Å². The molecular formula is C17H16N4O3. The van der Waals surface area contributed by atoms with E-state index in [1.54, 1.807) is 21.8 Å². The van der Waals surface area contributed by atoms with Gasteiger partial charge in [0, 0.05) is 23.7 Å². The molecule has 1 N–H and O–H groups in total. The van der Waals surface area contributed by atoms with Gasteiger partial charge in [0.15, 0.2) is 11.5 Å². The van der Waals surface area contributed by atoms with Gasteiger partial charge in [-0.3, -0.25) is 9.48 Å². The topological polar surface area (TPSA) is 84.4 Å². The summed E-state index contributed by atoms with van der Waals surface area (Å²) < 4.78 is 7.04. The van der Waals surface area contributed by atoms with Crippen LogP contribution in [0.25, 0.3) is 11.3 Å². The fourth-order valence-corrected chi connectivity index (χ4v) is 2.91. The van der Waals surface area contributed by atoms with E-state index in [0.29, 0.717) is 31.1 Å². The molecule has 0 saturated heterocycles. The first-order chi connectivity index (χ1) is 11.8. The molecule has 3 heterocycles. The van der Waals surface area contributed by atoms with Crippen LogP contribution in [0.15, 0.2) is 47.1 Å². The maximum Gasteiger partial charge on any atom is 0.276 e. The number of hydrogen-bond donors (Lipinski definition) is 1. The van der Waals surface area contributed by atoms with Crippen molar-refractivity contribution in [3.8, 4) is 11.3 Å². The van der Waals surface area contributed by atoms with Crippen molar-refractivity contribution in [1.82, 2.24) is 19.8 Å². The number of rotatable bonds is 4. The van der Waals surface area contributed by atoms with Crippen molar-refractivity contribution in [2.24, 2.45) is 0 Å². The Morgan fingerprint density at radius 2 is 2.08 bits per heavy atom. The van der Waals surface area contributed by atoms with E-state index < -0.39 is 0 Å². The second-order valence-corrected chi connectivity index (χ2v) is 5.67. The van der Waals surface area contributed by atoms with Crippen molar-refractivity contribution in [3.63, 3.8) is 0 Å². The summed E-state index contributed by atoms with van der Waals surface area (Å²) >= 11 is 0. The molecule has 0 atom stereocenters. The standard InChI is InChI=1S/C17H16N4O3/c22-7-6-21-15-11-20(10-13(15)9-18-21)17(23)14-8-16(24-19-14)12-4-2-1-3-5-12/h1-5,8-9,22H,6-7,10-11H2. The van der Waals surface area contributed by atoms with Gasteiger partial charge < -0.3 is 14.5 Å². The minimum atomic E-state index is -0.173. The average Bonchev–Trinajstić information content (AvgIpc) is 3.32. The summed E-state index contributed by atoms with van der Waals surface area (Å²) in [7, 11) is 0. The smallest absolute Gasteiger partial charge is 0.276 e. The van der Waals surface area contributed by atoms with Gasteiger partial charge in [0.1, 0.15) is 0 Å². The first kappa shape index (κ1) is 14.6. The number of carbonyl (C=O) groups is 1. The van der Waals surface area contributed by atoms with Crippen LogP contribution in [0.5, 0.6) is 0 Å². The highest BCUT2D eigenvalue weighted by Crippen LogP contribution is 2.26. The zero-order valence-corrected chi connectivity index (χ0v) is 12.9. The highest BCUT2D eigenvalue weighted by atomic mass is 16.5. The summed E-state index contributed by atoms with van der Waals surface area (Å²) in [4.78, 5) is 14.4. The highest BCUT2D eigenvalue weighted by molar-refractivity contribution is 5.93. The summed E-state index contributed by atoms with van der Waals surface area (Å²) in [5.74, 6) is 0.398. The van der Waals surface area contributed by atoms with Gasteiger partial charge in [-0.2, -0.15) is 5.10 Å². The Kier molecular flexibility index (Phi) is 3.62. The fraction of sp³-hybridized carbons (Fsp3) is 0.235. The molecule has 24 heavy (non-hydrogen) atoms. The molecule has 0 unspecified atom stereocenters. The molecule has 7 nitrogen and oxygen atoms in total. The van der Waals surface area contributed by atoms with Crippen molar-refractivity contribution in [2.45, 2.75) is 19.6 Å². The first-order valence-electron chi connectivity index (χ1n) is 7.72. The van der Waals surface area contributed by atoms with Crippen LogP contribution in [0.4, 0.5) is 0 Å². The van der Waals surface area contributed by atoms with Crippen molar-refractivity contribution in [2.75, 3.05) is 6.61 Å². The van der Waals surface area contributed by atoms with Crippen LogP contribution < -0.4 is 0 Å². The van der Waals surface area contributed by atoms with Crippen molar-refractivity contribution < 1.29 is 14.4 Å². The maximum absolute atomic E-state index is 12.7. The summed E-state index contributed by atoms with van der Waals surface area (Å²) in [6.45, 7) is 1.40. The van der Waals surface area contributed by atoms with Crippen LogP contribution in [0.1, 0.15) is 21.7 Å². The number of nitrogens with zero attached hydrogens (tertiary/aromatic N) is 4. The van der Waals surface area contributed by atoms with E-state index in [4.69, 9.17) is 9.63 Å². The number of aliphatic hydroxyl groups excluding tert-OH is 1. The number of fused-ring (bicyclic) bond motifs is 1. The van der Waals surface area contributed by atoms with Crippen LogP contribution in [0.2, 0.25) is 0 Å². The molecule has 0 fully saturated rings. The Morgan fingerprint density at radius 1 is 1.25 bits per heavy atom. The molecule has 0 spiro atoms. The van der Waals surface area contributed by atoms with Crippen LogP contribution in [-0.4, -0.2) is 37.5 Å². The predicted octanol–water partition coefficient (Wildman–Crippen LogP) is 1.69. The Bertz CT molecular complexity index is 869. The Hall–Kier alpha value is -2.93. The quantitative estimate of drug-likeness (QED) is 0.789. The molecule has 1 amide bonds. The fourth-order valence-electron chi connectivity index (χ4n) is 2.91. The molecule has 0 radical (unpaired) electrons. The second kappa shape index (κ2) is 5.93. The average molecular weight is 324 g/mol. The number of carbonyl (C=O) groups excluding carboxylic acids is 1. The third-order valence-corrected chi connectivity index (χ3v) is 4.12. The zero-order chi connectivity index (χ0) is 16.5. The predicted molar refractivity (Wildman–Crippen MR) is 84.8 cm³/mol. The summed E-state index contributed by atoms with van der Waals surface area (Å²) in [5, 5.41) is 17.2. The van der Waals surface area contributed by atoms with E-state index >= 15 is 0 Å². The molecule has 7 heteroatoms. The van der Waals surface area contributed by atoms with Crippen molar-refractivity contribution >= 4 is 5.91 Å². The molecule has 0 bridgehead atoms. The van der Waals surface area contributed by atoms with Crippen molar-refractivity contribution in [1.29, 1.82) is 0 Å². The number of benzene rings is 1. The van der Waals surface area contributed by atoms with Gasteiger partial charge in [0.2, 0.25) is 0 Å². The molecule has 0 aliphatic carbocycles. The number of aromatic nitrogens is 3. The van der Waals surface area contributed by atoms with Crippen LogP contribution >= 0.6 is 0 Å². The molecule has 122 valence electrons. The second-order valence-electron chi connectivity index (χ2n) is 5.67. The van der Waals surface area contributed by atoms with Gasteiger partial charge in [-0.15, -0.1) is 0 Å². The Labute approximate surface area is 138 Å². The van der Waals surface area contributed by atoms with Crippen LogP contribution in [0, 0.1) is 0 Å². The number of hydrogen-bond acceptors (Lipinski definition) is 5. The SMILES string of the molecule is O=C(c1cc(-c2ccccc2)on1)N1Cc2cnn(CCO)c2C1. The molecule has 1 aliphatic heterocycles. The number of aliphatic hydroxyl groups is 1. The molecular weight excluding hydrogens is 308 g/mol. The van der Waals surface area contributed by atoms with Gasteiger partial charge >= 0.3 is 0 Å². The molecule has 4 rings (SSSR count). The van der Waals surface area contributed by atoms with E-state index in [1.165, 1.54) is 0 Å². The summed E-state index contributed by atoms with van der Waals surface area (Å²) in [5.41, 5.74) is 3.14. The van der Waals surface area contributed by atoms with Crippen LogP contribution in [-0.2, 0) is 19.6 Å². The van der Waals surface area contributed by atoms with Gasteiger partial charge in [-0.25, -0.2) is 0 Å². The van der Waals surface area contributed by atoms with Gasteiger partial charge in [0.25, 0.3) is 5.91 Å². The molecule has 0 saturated carbocycles. The summed E-state index contributed by atoms with van der Waals surface area (Å²) in [6, 6.07) is 11.2. The van der Waals surface area contributed by atoms with Gasteiger partial charge in [-0.1, -0.05) is 35.5 Å². The van der Waals surface area contributed by atoms with Crippen LogP contribution in [0.3, 0.4) is 0 Å². The molecule has 1 aromatic carbocycles. The maximum atomic E-state index is 12.7. The largest absolute Gasteiger partial charge is 0.394 e. The normalized spacial score (nSPS) is 13.3. The van der Waals surface area contributed by atoms with E-state index in [2.05, 4.69) is 10.3 Å². The highest BCUT2D eigenvalue weighted by Gasteiger charge is 2.29. The molecule has 2 aromatic heterocycles. The lowest BCUT2D eigenvalue weighted by molar-refractivity contribution is 0.0737. The first-order valence-corrected chi connectivity index (χ1v) is 7.72. The lowest BCUT2D eigenvalue weighted by Crippen LogP contribution is -2.26. The van der Waals surface area contributed by atoms with E-state index in [0.717, 1.165) is 16.8 Å². The Morgan fingerprint density at radius 3 is 2.88 bits per heavy atom. The lowest BCUT2D eigenvalue weighted by Gasteiger charge is -2.14. The van der Waals surface area contributed by atoms with E-state index in [9.17, 15) is 4.79 Å². The molecule has 1 aliphatic rings. The van der Waals surface area contributed by atoms with E-state index in [1.807, 2.05) is 30.3 Å². The Balaban J connectivity index is 1.52. The zero-order valence-electron chi connectivity index (χ0n) is 12.9.